The molecule has 0 N–H and O–H groups in total. The average Bonchev–Trinajstić information content (AvgIpc) is 2.41. The van der Waals surface area contributed by atoms with E-state index in [0.717, 1.165) is 51.8 Å². The van der Waals surface area contributed by atoms with Crippen LogP contribution in [0.1, 0.15) is 46.0 Å². The summed E-state index contributed by atoms with van der Waals surface area (Å²) in [5, 5.41) is 0. The molecule has 4 nitrogen and oxygen atoms in total. The molecule has 4 heteroatoms. The lowest BCUT2D eigenvalue weighted by molar-refractivity contribution is -0.148. The Morgan fingerprint density at radius 1 is 1.33 bits per heavy atom. The van der Waals surface area contributed by atoms with Crippen molar-refractivity contribution in [3.63, 3.8) is 0 Å². The van der Waals surface area contributed by atoms with Gasteiger partial charge in [0.25, 0.3) is 0 Å². The summed E-state index contributed by atoms with van der Waals surface area (Å²) >= 11 is 0. The van der Waals surface area contributed by atoms with Crippen molar-refractivity contribution in [2.75, 3.05) is 26.8 Å². The molecule has 1 aliphatic rings. The number of unbranched alkanes of at least 4 members (excludes halogenated alkanes) is 1. The van der Waals surface area contributed by atoms with E-state index < -0.39 is 0 Å². The summed E-state index contributed by atoms with van der Waals surface area (Å²) in [6.07, 6.45) is 5.51. The van der Waals surface area contributed by atoms with Crippen LogP contribution in [0.25, 0.3) is 0 Å². The van der Waals surface area contributed by atoms with Crippen LogP contribution in [-0.2, 0) is 14.3 Å². The number of methoxy groups -OCH3 is 1. The molecule has 1 fully saturated rings. The van der Waals surface area contributed by atoms with Crippen LogP contribution in [0, 0.1) is 0 Å². The summed E-state index contributed by atoms with van der Waals surface area (Å²) in [4.78, 5) is 14.1. The molecule has 1 aliphatic heterocycles. The lowest BCUT2D eigenvalue weighted by Gasteiger charge is -2.36. The number of hydrogen-bond acceptors (Lipinski definition) is 4. The van der Waals surface area contributed by atoms with Gasteiger partial charge in [0.15, 0.2) is 0 Å². The molecule has 0 aromatic carbocycles. The molecule has 0 radical (unpaired) electrons. The predicted molar refractivity (Wildman–Crippen MR) is 71.6 cm³/mol. The molecule has 0 spiro atoms. The summed E-state index contributed by atoms with van der Waals surface area (Å²) < 4.78 is 10.6. The van der Waals surface area contributed by atoms with Crippen molar-refractivity contribution in [1.82, 2.24) is 4.90 Å². The number of ether oxygens (including phenoxy) is 2. The standard InChI is InChI=1S/C14H27NO3/c1-4-6-7-13(14(16)17-3)15-10-8-12(9-11-15)18-5-2/h12-13H,4-11H2,1-3H3. The predicted octanol–water partition coefficient (Wildman–Crippen LogP) is 2.22. The molecule has 0 bridgehead atoms. The van der Waals surface area contributed by atoms with Crippen LogP contribution in [-0.4, -0.2) is 49.8 Å². The fourth-order valence-electron chi connectivity index (χ4n) is 2.57. The van der Waals surface area contributed by atoms with Gasteiger partial charge in [-0.2, -0.15) is 0 Å². The van der Waals surface area contributed by atoms with Gasteiger partial charge in [-0.3, -0.25) is 9.69 Å². The third kappa shape index (κ3) is 4.58. The second-order valence-corrected chi connectivity index (χ2v) is 4.87. The van der Waals surface area contributed by atoms with Gasteiger partial charge in [-0.05, 0) is 26.2 Å². The fourth-order valence-corrected chi connectivity index (χ4v) is 2.57. The first-order chi connectivity index (χ1) is 8.72. The summed E-state index contributed by atoms with van der Waals surface area (Å²) in [6, 6.07) is -0.0578. The molecule has 0 aliphatic carbocycles. The first-order valence-corrected chi connectivity index (χ1v) is 7.16. The van der Waals surface area contributed by atoms with Crippen molar-refractivity contribution in [1.29, 1.82) is 0 Å². The molecule has 1 rings (SSSR count). The summed E-state index contributed by atoms with van der Waals surface area (Å²) in [7, 11) is 1.48. The molecule has 1 unspecified atom stereocenters. The number of hydrogen-bond donors (Lipinski definition) is 0. The zero-order valence-corrected chi connectivity index (χ0v) is 12.0. The number of esters is 1. The maximum absolute atomic E-state index is 11.8. The van der Waals surface area contributed by atoms with Crippen molar-refractivity contribution in [3.05, 3.63) is 0 Å². The van der Waals surface area contributed by atoms with E-state index in [1.807, 2.05) is 6.92 Å². The fraction of sp³-hybridized carbons (Fsp3) is 0.929. The number of rotatable bonds is 7. The van der Waals surface area contributed by atoms with Crippen LogP contribution in [0.5, 0.6) is 0 Å². The Labute approximate surface area is 111 Å². The van der Waals surface area contributed by atoms with Crippen molar-refractivity contribution >= 4 is 5.97 Å². The average molecular weight is 257 g/mol. The van der Waals surface area contributed by atoms with E-state index >= 15 is 0 Å². The molecular formula is C14H27NO3. The second kappa shape index (κ2) is 8.48. The first-order valence-electron chi connectivity index (χ1n) is 7.16. The molecule has 1 heterocycles. The Hall–Kier alpha value is -0.610. The molecule has 0 amide bonds. The SMILES string of the molecule is CCCCC(C(=O)OC)N1CCC(OCC)CC1. The van der Waals surface area contributed by atoms with Crippen LogP contribution in [0.4, 0.5) is 0 Å². The number of nitrogens with zero attached hydrogens (tertiary/aromatic N) is 1. The molecule has 1 atom stereocenters. The minimum Gasteiger partial charge on any atom is -0.468 e. The number of carbonyl (C=O) groups excluding carboxylic acids is 1. The number of piperidine rings is 1. The maximum Gasteiger partial charge on any atom is 0.323 e. The van der Waals surface area contributed by atoms with Gasteiger partial charge in [0.2, 0.25) is 0 Å². The minimum absolute atomic E-state index is 0.0578. The third-order valence-corrected chi connectivity index (χ3v) is 3.62. The zero-order chi connectivity index (χ0) is 13.4. The van der Waals surface area contributed by atoms with Crippen molar-refractivity contribution in [2.45, 2.75) is 58.1 Å². The van der Waals surface area contributed by atoms with Crippen LogP contribution in [0.3, 0.4) is 0 Å². The number of likely N-dealkylation sites (tertiary alicyclic amines) is 1. The Morgan fingerprint density at radius 2 is 2.00 bits per heavy atom. The minimum atomic E-state index is -0.0849. The lowest BCUT2D eigenvalue weighted by Crippen LogP contribution is -2.47. The van der Waals surface area contributed by atoms with Crippen LogP contribution >= 0.6 is 0 Å². The van der Waals surface area contributed by atoms with Crippen LogP contribution in [0.2, 0.25) is 0 Å². The van der Waals surface area contributed by atoms with Crippen molar-refractivity contribution < 1.29 is 14.3 Å². The van der Waals surface area contributed by atoms with E-state index in [4.69, 9.17) is 9.47 Å². The van der Waals surface area contributed by atoms with E-state index in [2.05, 4.69) is 11.8 Å². The quantitative estimate of drug-likeness (QED) is 0.656. The summed E-state index contributed by atoms with van der Waals surface area (Å²) in [6.45, 7) is 6.84. The Morgan fingerprint density at radius 3 is 2.50 bits per heavy atom. The van der Waals surface area contributed by atoms with E-state index in [1.165, 1.54) is 7.11 Å². The van der Waals surface area contributed by atoms with Gasteiger partial charge in [0, 0.05) is 19.7 Å². The van der Waals surface area contributed by atoms with Gasteiger partial charge in [0.1, 0.15) is 6.04 Å². The molecule has 1 saturated heterocycles. The van der Waals surface area contributed by atoms with E-state index in [9.17, 15) is 4.79 Å². The Kier molecular flexibility index (Phi) is 7.28. The van der Waals surface area contributed by atoms with Gasteiger partial charge >= 0.3 is 5.97 Å². The Balaban J connectivity index is 2.46. The van der Waals surface area contributed by atoms with E-state index in [1.54, 1.807) is 0 Å². The highest BCUT2D eigenvalue weighted by Crippen LogP contribution is 2.19. The highest BCUT2D eigenvalue weighted by Gasteiger charge is 2.29. The van der Waals surface area contributed by atoms with E-state index in [-0.39, 0.29) is 12.0 Å². The molecular weight excluding hydrogens is 230 g/mol. The normalized spacial score (nSPS) is 19.7. The van der Waals surface area contributed by atoms with Crippen LogP contribution in [0.15, 0.2) is 0 Å². The molecule has 106 valence electrons. The Bertz CT molecular complexity index is 237. The molecule has 0 aromatic heterocycles. The first kappa shape index (κ1) is 15.4. The van der Waals surface area contributed by atoms with Gasteiger partial charge in [-0.15, -0.1) is 0 Å². The summed E-state index contributed by atoms with van der Waals surface area (Å²) in [5.74, 6) is -0.0849. The largest absolute Gasteiger partial charge is 0.468 e. The third-order valence-electron chi connectivity index (χ3n) is 3.62. The zero-order valence-electron chi connectivity index (χ0n) is 12.0. The van der Waals surface area contributed by atoms with E-state index in [0.29, 0.717) is 6.10 Å². The van der Waals surface area contributed by atoms with Gasteiger partial charge in [0.05, 0.1) is 13.2 Å². The molecule has 0 aromatic rings. The lowest BCUT2D eigenvalue weighted by atomic mass is 10.0. The molecule has 18 heavy (non-hydrogen) atoms. The monoisotopic (exact) mass is 257 g/mol. The topological polar surface area (TPSA) is 38.8 Å². The highest BCUT2D eigenvalue weighted by molar-refractivity contribution is 5.75. The number of carbonyl (C=O) groups is 1. The smallest absolute Gasteiger partial charge is 0.323 e. The molecule has 0 saturated carbocycles. The van der Waals surface area contributed by atoms with Crippen molar-refractivity contribution in [2.24, 2.45) is 0 Å². The van der Waals surface area contributed by atoms with Gasteiger partial charge in [-0.25, -0.2) is 0 Å². The maximum atomic E-state index is 11.8. The van der Waals surface area contributed by atoms with Gasteiger partial charge in [-0.1, -0.05) is 19.8 Å². The second-order valence-electron chi connectivity index (χ2n) is 4.87. The highest BCUT2D eigenvalue weighted by atomic mass is 16.5. The van der Waals surface area contributed by atoms with Crippen molar-refractivity contribution in [3.8, 4) is 0 Å². The summed E-state index contributed by atoms with van der Waals surface area (Å²) in [5.41, 5.74) is 0. The van der Waals surface area contributed by atoms with Crippen LogP contribution < -0.4 is 0 Å². The van der Waals surface area contributed by atoms with Gasteiger partial charge < -0.3 is 9.47 Å².